The Labute approximate surface area is 236 Å². The molecule has 0 saturated carbocycles. The van der Waals surface area contributed by atoms with E-state index in [1.807, 2.05) is 57.2 Å². The summed E-state index contributed by atoms with van der Waals surface area (Å²) < 4.78 is 10.9. The summed E-state index contributed by atoms with van der Waals surface area (Å²) in [5.74, 6) is -0.157. The Morgan fingerprint density at radius 2 is 1.57 bits per heavy atom. The minimum Gasteiger partial charge on any atom is -0.507 e. The van der Waals surface area contributed by atoms with E-state index >= 15 is 0 Å². The minimum atomic E-state index is -0.817. The van der Waals surface area contributed by atoms with Gasteiger partial charge in [-0.2, -0.15) is 0 Å². The van der Waals surface area contributed by atoms with Gasteiger partial charge in [-0.25, -0.2) is 0 Å². The maximum atomic E-state index is 13.7. The smallest absolute Gasteiger partial charge is 0.300 e. The van der Waals surface area contributed by atoms with Crippen LogP contribution >= 0.6 is 0 Å². The number of nitrogens with zero attached hydrogens (tertiary/aromatic N) is 2. The number of aliphatic hydroxyl groups excluding tert-OH is 1. The molecule has 3 aromatic carbocycles. The van der Waals surface area contributed by atoms with Crippen LogP contribution in [0.1, 0.15) is 61.9 Å². The number of aliphatic hydroxyl groups is 1. The zero-order valence-corrected chi connectivity index (χ0v) is 24.3. The van der Waals surface area contributed by atoms with Crippen LogP contribution in [-0.2, 0) is 9.59 Å². The van der Waals surface area contributed by atoms with Crippen molar-refractivity contribution in [2.24, 2.45) is 0 Å². The molecule has 7 heteroatoms. The highest BCUT2D eigenvalue weighted by molar-refractivity contribution is 6.51. The van der Waals surface area contributed by atoms with E-state index in [0.29, 0.717) is 22.7 Å². The molecule has 0 spiro atoms. The van der Waals surface area contributed by atoms with Gasteiger partial charge in [0.2, 0.25) is 0 Å². The first kappa shape index (κ1) is 28.7. The first-order valence-electron chi connectivity index (χ1n) is 13.7. The number of ether oxygens (including phenoxy) is 2. The van der Waals surface area contributed by atoms with Crippen LogP contribution in [0.25, 0.3) is 5.76 Å². The third kappa shape index (κ3) is 5.16. The first-order chi connectivity index (χ1) is 19.2. The van der Waals surface area contributed by atoms with Gasteiger partial charge >= 0.3 is 0 Å². The topological polar surface area (TPSA) is 79.3 Å². The van der Waals surface area contributed by atoms with E-state index in [-0.39, 0.29) is 17.3 Å². The molecule has 1 fully saturated rings. The standard InChI is InChI=1S/C33H38N2O5/c1-8-34(9-2)23-12-10-22(11-13-23)30-29(31(36)27-19-26(20(3)4)28(40-7)18-21(27)5)32(37)33(38)35(30)24-14-16-25(39-6)17-15-24/h10-20,30,36H,8-9H2,1-7H3/b31-29+. The Balaban J connectivity index is 1.94. The summed E-state index contributed by atoms with van der Waals surface area (Å²) in [5.41, 5.74) is 4.50. The van der Waals surface area contributed by atoms with Crippen LogP contribution in [0.15, 0.2) is 66.2 Å². The van der Waals surface area contributed by atoms with Crippen molar-refractivity contribution in [1.82, 2.24) is 0 Å². The molecule has 1 aliphatic rings. The number of Topliss-reactive ketones (excluding diaryl/α,β-unsaturated/α-hetero) is 1. The number of amides is 1. The van der Waals surface area contributed by atoms with Crippen LogP contribution in [0.2, 0.25) is 0 Å². The van der Waals surface area contributed by atoms with E-state index in [1.165, 1.54) is 4.90 Å². The first-order valence-corrected chi connectivity index (χ1v) is 13.7. The summed E-state index contributed by atoms with van der Waals surface area (Å²) in [6.07, 6.45) is 0. The van der Waals surface area contributed by atoms with Crippen LogP contribution < -0.4 is 19.3 Å². The van der Waals surface area contributed by atoms with Gasteiger partial charge in [-0.05, 0) is 91.9 Å². The lowest BCUT2D eigenvalue weighted by atomic mass is 9.91. The third-order valence-electron chi connectivity index (χ3n) is 7.59. The van der Waals surface area contributed by atoms with Crippen molar-refractivity contribution in [2.45, 2.75) is 46.6 Å². The third-order valence-corrected chi connectivity index (χ3v) is 7.59. The normalized spacial score (nSPS) is 16.5. The van der Waals surface area contributed by atoms with Gasteiger partial charge in [0.1, 0.15) is 17.3 Å². The van der Waals surface area contributed by atoms with Gasteiger partial charge in [0.15, 0.2) is 0 Å². The highest BCUT2D eigenvalue weighted by atomic mass is 16.5. The molecule has 3 aromatic rings. The molecule has 0 aliphatic carbocycles. The summed E-state index contributed by atoms with van der Waals surface area (Å²) in [6, 6.07) is 17.7. The van der Waals surface area contributed by atoms with Crippen molar-refractivity contribution in [3.63, 3.8) is 0 Å². The molecular weight excluding hydrogens is 504 g/mol. The fraction of sp³-hybridized carbons (Fsp3) is 0.333. The van der Waals surface area contributed by atoms with E-state index in [4.69, 9.17) is 9.47 Å². The second-order valence-corrected chi connectivity index (χ2v) is 10.2. The molecule has 210 valence electrons. The Hall–Kier alpha value is -4.26. The molecule has 0 aromatic heterocycles. The van der Waals surface area contributed by atoms with E-state index < -0.39 is 17.7 Å². The van der Waals surface area contributed by atoms with Gasteiger partial charge in [-0.3, -0.25) is 14.5 Å². The number of hydrogen-bond acceptors (Lipinski definition) is 6. The molecule has 4 rings (SSSR count). The molecule has 7 nitrogen and oxygen atoms in total. The molecule has 1 amide bonds. The van der Waals surface area contributed by atoms with E-state index in [1.54, 1.807) is 38.5 Å². The molecule has 1 atom stereocenters. The highest BCUT2D eigenvalue weighted by Gasteiger charge is 2.47. The van der Waals surface area contributed by atoms with Gasteiger partial charge in [0, 0.05) is 30.0 Å². The van der Waals surface area contributed by atoms with Crippen LogP contribution in [0.5, 0.6) is 11.5 Å². The predicted octanol–water partition coefficient (Wildman–Crippen LogP) is 6.61. The number of anilines is 2. The zero-order chi connectivity index (χ0) is 29.1. The van der Waals surface area contributed by atoms with Crippen LogP contribution in [0.3, 0.4) is 0 Å². The highest BCUT2D eigenvalue weighted by Crippen LogP contribution is 2.44. The molecule has 1 aliphatic heterocycles. The lowest BCUT2D eigenvalue weighted by Gasteiger charge is -2.27. The largest absolute Gasteiger partial charge is 0.507 e. The number of methoxy groups -OCH3 is 2. The van der Waals surface area contributed by atoms with Gasteiger partial charge in [0.05, 0.1) is 25.8 Å². The summed E-state index contributed by atoms with van der Waals surface area (Å²) in [7, 11) is 3.18. The van der Waals surface area contributed by atoms with Crippen molar-refractivity contribution < 1.29 is 24.2 Å². The fourth-order valence-corrected chi connectivity index (χ4v) is 5.34. The quantitative estimate of drug-likeness (QED) is 0.186. The van der Waals surface area contributed by atoms with Crippen molar-refractivity contribution in [3.05, 3.63) is 88.5 Å². The molecule has 0 bridgehead atoms. The minimum absolute atomic E-state index is 0.0550. The number of hydrogen-bond donors (Lipinski definition) is 1. The number of ketones is 1. The van der Waals surface area contributed by atoms with Crippen LogP contribution in [0.4, 0.5) is 11.4 Å². The molecule has 1 heterocycles. The summed E-state index contributed by atoms with van der Waals surface area (Å²) in [5, 5.41) is 11.8. The maximum absolute atomic E-state index is 13.7. The van der Waals surface area contributed by atoms with E-state index in [0.717, 1.165) is 35.5 Å². The van der Waals surface area contributed by atoms with Gasteiger partial charge in [-0.1, -0.05) is 26.0 Å². The molecule has 1 N–H and O–H groups in total. The lowest BCUT2D eigenvalue weighted by Crippen LogP contribution is -2.29. The number of rotatable bonds is 9. The number of carbonyl (C=O) groups is 2. The lowest BCUT2D eigenvalue weighted by molar-refractivity contribution is -0.132. The SMILES string of the molecule is CCN(CC)c1ccc(C2/C(=C(\O)c3cc(C(C)C)c(OC)cc3C)C(=O)C(=O)N2c2ccc(OC)cc2)cc1. The summed E-state index contributed by atoms with van der Waals surface area (Å²) >= 11 is 0. The average Bonchev–Trinajstić information content (AvgIpc) is 3.23. The Kier molecular flexibility index (Phi) is 8.52. The number of aryl methyl sites for hydroxylation is 1. The Bertz CT molecular complexity index is 1420. The Morgan fingerprint density at radius 3 is 2.10 bits per heavy atom. The molecule has 1 unspecified atom stereocenters. The summed E-state index contributed by atoms with van der Waals surface area (Å²) in [4.78, 5) is 30.9. The van der Waals surface area contributed by atoms with Crippen LogP contribution in [-0.4, -0.2) is 44.1 Å². The van der Waals surface area contributed by atoms with Gasteiger partial charge in [0.25, 0.3) is 11.7 Å². The predicted molar refractivity (Wildman–Crippen MR) is 160 cm³/mol. The second kappa shape index (κ2) is 11.9. The van der Waals surface area contributed by atoms with E-state index in [2.05, 4.69) is 18.7 Å². The van der Waals surface area contributed by atoms with Crippen molar-refractivity contribution >= 4 is 28.8 Å². The second-order valence-electron chi connectivity index (χ2n) is 10.2. The summed E-state index contributed by atoms with van der Waals surface area (Å²) in [6.45, 7) is 11.8. The average molecular weight is 543 g/mol. The van der Waals surface area contributed by atoms with Crippen molar-refractivity contribution in [2.75, 3.05) is 37.1 Å². The maximum Gasteiger partial charge on any atom is 0.300 e. The zero-order valence-electron chi connectivity index (χ0n) is 24.3. The van der Waals surface area contributed by atoms with Crippen molar-refractivity contribution in [1.29, 1.82) is 0 Å². The molecule has 0 radical (unpaired) electrons. The Morgan fingerprint density at radius 1 is 0.950 bits per heavy atom. The number of carbonyl (C=O) groups excluding carboxylic acids is 2. The van der Waals surface area contributed by atoms with Crippen LogP contribution in [0, 0.1) is 6.92 Å². The molecule has 1 saturated heterocycles. The van der Waals surface area contributed by atoms with Gasteiger partial charge < -0.3 is 19.5 Å². The number of benzene rings is 3. The molecule has 40 heavy (non-hydrogen) atoms. The van der Waals surface area contributed by atoms with Gasteiger partial charge in [-0.15, -0.1) is 0 Å². The van der Waals surface area contributed by atoms with Crippen molar-refractivity contribution in [3.8, 4) is 11.5 Å². The monoisotopic (exact) mass is 542 g/mol. The van der Waals surface area contributed by atoms with E-state index in [9.17, 15) is 14.7 Å². The molecular formula is C33H38N2O5. The fourth-order valence-electron chi connectivity index (χ4n) is 5.34.